The highest BCUT2D eigenvalue weighted by Gasteiger charge is 2.16. The van der Waals surface area contributed by atoms with Gasteiger partial charge in [0.25, 0.3) is 0 Å². The molecule has 1 N–H and O–H groups in total. The predicted molar refractivity (Wildman–Crippen MR) is 102 cm³/mol. The minimum Gasteiger partial charge on any atom is -0.336 e. The van der Waals surface area contributed by atoms with Crippen LogP contribution in [-0.2, 0) is 9.59 Å². The molecule has 5 nitrogen and oxygen atoms in total. The van der Waals surface area contributed by atoms with Gasteiger partial charge < -0.3 is 10.2 Å². The third-order valence-electron chi connectivity index (χ3n) is 4.28. The van der Waals surface area contributed by atoms with E-state index in [1.807, 2.05) is 32.0 Å². The highest BCUT2D eigenvalue weighted by atomic mass is 19.1. The summed E-state index contributed by atoms with van der Waals surface area (Å²) in [5.41, 5.74) is 3.00. The number of rotatable bonds is 7. The summed E-state index contributed by atoms with van der Waals surface area (Å²) < 4.78 is 12.9. The molecular formula is C21H23FN2O3. The quantitative estimate of drug-likeness (QED) is 0.759. The zero-order chi connectivity index (χ0) is 20.0. The Bertz CT molecular complexity index is 827. The lowest BCUT2D eigenvalue weighted by atomic mass is 10.1. The Morgan fingerprint density at radius 2 is 1.56 bits per heavy atom. The summed E-state index contributed by atoms with van der Waals surface area (Å²) in [4.78, 5) is 37.7. The minimum absolute atomic E-state index is 0.00727. The van der Waals surface area contributed by atoms with Crippen molar-refractivity contribution in [2.45, 2.75) is 26.7 Å². The maximum atomic E-state index is 12.9. The molecule has 0 spiro atoms. The van der Waals surface area contributed by atoms with Gasteiger partial charge in [-0.3, -0.25) is 14.4 Å². The van der Waals surface area contributed by atoms with Crippen molar-refractivity contribution >= 4 is 23.3 Å². The fraction of sp³-hybridized carbons (Fsp3) is 0.286. The first-order valence-corrected chi connectivity index (χ1v) is 8.66. The molecule has 0 bridgehead atoms. The molecular weight excluding hydrogens is 347 g/mol. The van der Waals surface area contributed by atoms with Crippen molar-refractivity contribution < 1.29 is 18.8 Å². The maximum Gasteiger partial charge on any atom is 0.243 e. The molecule has 0 saturated heterocycles. The van der Waals surface area contributed by atoms with E-state index in [1.54, 1.807) is 0 Å². The molecule has 0 heterocycles. The Balaban J connectivity index is 1.85. The fourth-order valence-corrected chi connectivity index (χ4v) is 2.69. The van der Waals surface area contributed by atoms with Crippen molar-refractivity contribution in [1.82, 2.24) is 4.90 Å². The zero-order valence-electron chi connectivity index (χ0n) is 15.7. The number of hydrogen-bond donors (Lipinski definition) is 1. The molecule has 0 aliphatic heterocycles. The topological polar surface area (TPSA) is 66.5 Å². The van der Waals surface area contributed by atoms with E-state index in [2.05, 4.69) is 5.32 Å². The lowest BCUT2D eigenvalue weighted by Gasteiger charge is -2.18. The number of Topliss-reactive ketones (excluding diaryl/α,β-unsaturated/α-hetero) is 1. The van der Waals surface area contributed by atoms with Gasteiger partial charge in [0.2, 0.25) is 11.8 Å². The van der Waals surface area contributed by atoms with Gasteiger partial charge in [-0.25, -0.2) is 4.39 Å². The van der Waals surface area contributed by atoms with Crippen LogP contribution in [0.2, 0.25) is 0 Å². The Morgan fingerprint density at radius 1 is 0.963 bits per heavy atom. The third kappa shape index (κ3) is 5.74. The summed E-state index contributed by atoms with van der Waals surface area (Å²) >= 11 is 0. The van der Waals surface area contributed by atoms with Crippen LogP contribution in [0.1, 0.15) is 34.3 Å². The van der Waals surface area contributed by atoms with Crippen molar-refractivity contribution in [3.8, 4) is 0 Å². The highest BCUT2D eigenvalue weighted by molar-refractivity contribution is 5.99. The molecule has 27 heavy (non-hydrogen) atoms. The van der Waals surface area contributed by atoms with Gasteiger partial charge >= 0.3 is 0 Å². The number of carbonyl (C=O) groups is 3. The number of likely N-dealkylation sites (N-methyl/N-ethyl adjacent to an activating group) is 1. The first kappa shape index (κ1) is 20.3. The number of nitrogens with one attached hydrogen (secondary N) is 1. The van der Waals surface area contributed by atoms with Gasteiger partial charge in [0.15, 0.2) is 5.78 Å². The number of para-hydroxylation sites is 1. The van der Waals surface area contributed by atoms with Crippen LogP contribution in [0.5, 0.6) is 0 Å². The highest BCUT2D eigenvalue weighted by Crippen LogP contribution is 2.19. The lowest BCUT2D eigenvalue weighted by Crippen LogP contribution is -2.35. The molecule has 142 valence electrons. The standard InChI is InChI=1S/C21H23FN2O3/c1-14-5-4-6-15(2)21(14)23-19(26)13-24(3)20(27)12-11-18(25)16-7-9-17(22)10-8-16/h4-10H,11-13H2,1-3H3,(H,23,26). The first-order valence-electron chi connectivity index (χ1n) is 8.66. The van der Waals surface area contributed by atoms with E-state index in [0.717, 1.165) is 16.8 Å². The van der Waals surface area contributed by atoms with Crippen molar-refractivity contribution in [2.24, 2.45) is 0 Å². The molecule has 0 aliphatic rings. The third-order valence-corrected chi connectivity index (χ3v) is 4.28. The molecule has 0 aliphatic carbocycles. The number of amides is 2. The molecule has 6 heteroatoms. The van der Waals surface area contributed by atoms with Gasteiger partial charge in [-0.1, -0.05) is 18.2 Å². The molecule has 0 radical (unpaired) electrons. The number of nitrogens with zero attached hydrogens (tertiary/aromatic N) is 1. The predicted octanol–water partition coefficient (Wildman–Crippen LogP) is 3.50. The van der Waals surface area contributed by atoms with Crippen LogP contribution in [0.15, 0.2) is 42.5 Å². The number of halogens is 1. The van der Waals surface area contributed by atoms with Gasteiger partial charge in [0, 0.05) is 31.1 Å². The maximum absolute atomic E-state index is 12.9. The number of carbonyl (C=O) groups excluding carboxylic acids is 3. The summed E-state index contributed by atoms with van der Waals surface area (Å²) in [6, 6.07) is 10.9. The van der Waals surface area contributed by atoms with Crippen LogP contribution in [0.25, 0.3) is 0 Å². The van der Waals surface area contributed by atoms with Crippen molar-refractivity contribution in [3.63, 3.8) is 0 Å². The molecule has 2 aromatic carbocycles. The molecule has 2 rings (SSSR count). The normalized spacial score (nSPS) is 10.4. The average Bonchev–Trinajstić information content (AvgIpc) is 2.63. The van der Waals surface area contributed by atoms with Crippen LogP contribution in [-0.4, -0.2) is 36.1 Å². The number of hydrogen-bond acceptors (Lipinski definition) is 3. The summed E-state index contributed by atoms with van der Waals surface area (Å²) in [6.45, 7) is 3.70. The largest absolute Gasteiger partial charge is 0.336 e. The lowest BCUT2D eigenvalue weighted by molar-refractivity contribution is -0.133. The Labute approximate surface area is 158 Å². The summed E-state index contributed by atoms with van der Waals surface area (Å²) in [7, 11) is 1.52. The molecule has 0 saturated carbocycles. The fourth-order valence-electron chi connectivity index (χ4n) is 2.69. The number of benzene rings is 2. The molecule has 2 amide bonds. The van der Waals surface area contributed by atoms with Crippen molar-refractivity contribution in [2.75, 3.05) is 18.9 Å². The Hall–Kier alpha value is -3.02. The number of anilines is 1. The van der Waals surface area contributed by atoms with E-state index in [4.69, 9.17) is 0 Å². The summed E-state index contributed by atoms with van der Waals surface area (Å²) in [5.74, 6) is -1.26. The van der Waals surface area contributed by atoms with Crippen molar-refractivity contribution in [3.05, 3.63) is 65.0 Å². The van der Waals surface area contributed by atoms with Gasteiger partial charge in [-0.2, -0.15) is 0 Å². The Morgan fingerprint density at radius 3 is 2.15 bits per heavy atom. The van der Waals surface area contributed by atoms with Crippen LogP contribution in [0.4, 0.5) is 10.1 Å². The van der Waals surface area contributed by atoms with E-state index in [0.29, 0.717) is 5.56 Å². The minimum atomic E-state index is -0.419. The van der Waals surface area contributed by atoms with E-state index in [9.17, 15) is 18.8 Å². The van der Waals surface area contributed by atoms with Crippen LogP contribution in [0, 0.1) is 19.7 Å². The molecule has 0 aromatic heterocycles. The molecule has 0 fully saturated rings. The van der Waals surface area contributed by atoms with Crippen LogP contribution in [0.3, 0.4) is 0 Å². The first-order chi connectivity index (χ1) is 12.8. The van der Waals surface area contributed by atoms with Gasteiger partial charge in [0.1, 0.15) is 5.82 Å². The van der Waals surface area contributed by atoms with Gasteiger partial charge in [-0.15, -0.1) is 0 Å². The molecule has 2 aromatic rings. The summed E-state index contributed by atoms with van der Waals surface area (Å²) in [6.07, 6.45) is -0.00327. The van der Waals surface area contributed by atoms with Gasteiger partial charge in [0.05, 0.1) is 6.54 Å². The SMILES string of the molecule is Cc1cccc(C)c1NC(=O)CN(C)C(=O)CCC(=O)c1ccc(F)cc1. The number of aryl methyl sites for hydroxylation is 2. The number of ketones is 1. The molecule has 0 atom stereocenters. The van der Waals surface area contributed by atoms with Crippen LogP contribution < -0.4 is 5.32 Å². The summed E-state index contributed by atoms with van der Waals surface area (Å²) in [5, 5.41) is 2.82. The zero-order valence-corrected chi connectivity index (χ0v) is 15.7. The second kappa shape index (κ2) is 9.07. The van der Waals surface area contributed by atoms with E-state index in [-0.39, 0.29) is 37.0 Å². The van der Waals surface area contributed by atoms with E-state index >= 15 is 0 Å². The molecule has 0 unspecified atom stereocenters. The van der Waals surface area contributed by atoms with Crippen LogP contribution >= 0.6 is 0 Å². The second-order valence-corrected chi connectivity index (χ2v) is 6.49. The van der Waals surface area contributed by atoms with Crippen molar-refractivity contribution in [1.29, 1.82) is 0 Å². The average molecular weight is 370 g/mol. The van der Waals surface area contributed by atoms with E-state index in [1.165, 1.54) is 36.2 Å². The second-order valence-electron chi connectivity index (χ2n) is 6.49. The van der Waals surface area contributed by atoms with Gasteiger partial charge in [-0.05, 0) is 49.2 Å². The Kier molecular flexibility index (Phi) is 6.82. The van der Waals surface area contributed by atoms with E-state index < -0.39 is 5.82 Å². The smallest absolute Gasteiger partial charge is 0.243 e. The monoisotopic (exact) mass is 370 g/mol.